The highest BCUT2D eigenvalue weighted by Gasteiger charge is 2.21. The molecule has 1 amide bonds. The maximum Gasteiger partial charge on any atom is 0.289 e. The summed E-state index contributed by atoms with van der Waals surface area (Å²) in [4.78, 5) is 12.4. The zero-order valence-electron chi connectivity index (χ0n) is 8.11. The van der Waals surface area contributed by atoms with Gasteiger partial charge in [0.2, 0.25) is 0 Å². The van der Waals surface area contributed by atoms with Crippen LogP contribution in [0.2, 0.25) is 0 Å². The lowest BCUT2D eigenvalue weighted by Gasteiger charge is -1.96. The van der Waals surface area contributed by atoms with E-state index in [9.17, 15) is 4.79 Å². The summed E-state index contributed by atoms with van der Waals surface area (Å²) in [6, 6.07) is 8.08. The van der Waals surface area contributed by atoms with Crippen molar-refractivity contribution in [1.82, 2.24) is 5.32 Å². The zero-order valence-corrected chi connectivity index (χ0v) is 9.74. The molecule has 0 aromatic heterocycles. The number of carbonyl (C=O) groups excluding carboxylic acids is 1. The van der Waals surface area contributed by atoms with Gasteiger partial charge in [-0.05, 0) is 30.3 Å². The zero-order chi connectivity index (χ0) is 10.8. The van der Waals surface area contributed by atoms with Gasteiger partial charge in [-0.3, -0.25) is 4.79 Å². The fourth-order valence-electron chi connectivity index (χ4n) is 1.24. The Labute approximate surface area is 97.8 Å². The number of rotatable bonds is 1. The van der Waals surface area contributed by atoms with Crippen LogP contribution in [-0.2, 0) is 0 Å². The molecule has 0 unspecified atom stereocenters. The van der Waals surface area contributed by atoms with E-state index in [0.717, 1.165) is 22.2 Å². The molecule has 0 atom stereocenters. The van der Waals surface area contributed by atoms with Crippen LogP contribution in [0.5, 0.6) is 0 Å². The number of thiocarbonyl (C=S) groups is 1. The van der Waals surface area contributed by atoms with Crippen molar-refractivity contribution < 1.29 is 4.79 Å². The Hall–Kier alpha value is -1.13. The predicted molar refractivity (Wildman–Crippen MR) is 67.9 cm³/mol. The first-order chi connectivity index (χ1) is 7.15. The van der Waals surface area contributed by atoms with Crippen LogP contribution in [-0.4, -0.2) is 10.2 Å². The molecule has 15 heavy (non-hydrogen) atoms. The summed E-state index contributed by atoms with van der Waals surface area (Å²) in [6.45, 7) is 2.04. The van der Waals surface area contributed by atoms with Crippen LogP contribution in [0.4, 0.5) is 4.79 Å². The number of carbonyl (C=O) groups is 1. The highest BCUT2D eigenvalue weighted by molar-refractivity contribution is 8.19. The molecule has 1 aliphatic rings. The normalized spacial score (nSPS) is 18.3. The van der Waals surface area contributed by atoms with Gasteiger partial charge in [0, 0.05) is 0 Å². The van der Waals surface area contributed by atoms with Crippen molar-refractivity contribution in [1.29, 1.82) is 0 Å². The Balaban J connectivity index is 2.27. The lowest BCUT2D eigenvalue weighted by molar-refractivity contribution is 0.265. The lowest BCUT2D eigenvalue weighted by atomic mass is 10.1. The van der Waals surface area contributed by atoms with Gasteiger partial charge in [0.25, 0.3) is 5.24 Å². The van der Waals surface area contributed by atoms with E-state index in [1.54, 1.807) is 0 Å². The van der Waals surface area contributed by atoms with Crippen LogP contribution >= 0.6 is 24.0 Å². The Morgan fingerprint density at radius 1 is 1.33 bits per heavy atom. The average molecular weight is 235 g/mol. The second-order valence-electron chi connectivity index (χ2n) is 3.26. The fraction of sp³-hybridized carbons (Fsp3) is 0.0909. The minimum atomic E-state index is -0.0987. The summed E-state index contributed by atoms with van der Waals surface area (Å²) in [5.74, 6) is 0. The fourth-order valence-corrected chi connectivity index (χ4v) is 2.27. The van der Waals surface area contributed by atoms with E-state index in [0.29, 0.717) is 4.99 Å². The van der Waals surface area contributed by atoms with E-state index >= 15 is 0 Å². The van der Waals surface area contributed by atoms with E-state index in [4.69, 9.17) is 12.2 Å². The third-order valence-electron chi connectivity index (χ3n) is 2.02. The van der Waals surface area contributed by atoms with Crippen molar-refractivity contribution >= 4 is 40.3 Å². The molecule has 1 aromatic rings. The Kier molecular flexibility index (Phi) is 2.88. The Morgan fingerprint density at radius 2 is 2.00 bits per heavy atom. The molecular weight excluding hydrogens is 226 g/mol. The molecule has 1 saturated heterocycles. The predicted octanol–water partition coefficient (Wildman–Crippen LogP) is 3.12. The summed E-state index contributed by atoms with van der Waals surface area (Å²) < 4.78 is 0. The monoisotopic (exact) mass is 235 g/mol. The lowest BCUT2D eigenvalue weighted by Crippen LogP contribution is -2.15. The second-order valence-corrected chi connectivity index (χ2v) is 4.69. The van der Waals surface area contributed by atoms with E-state index < -0.39 is 0 Å². The standard InChI is InChI=1S/C11H9NOS2/c1-7-2-4-8(5-3-7)6-9-10(14)12-11(13)15-9/h2-6H,1H3,(H,12,13,14). The second kappa shape index (κ2) is 4.16. The van der Waals surface area contributed by atoms with Crippen molar-refractivity contribution in [3.05, 3.63) is 40.3 Å². The minimum Gasteiger partial charge on any atom is -0.307 e. The molecule has 0 radical (unpaired) electrons. The van der Waals surface area contributed by atoms with Crippen LogP contribution in [0.1, 0.15) is 11.1 Å². The number of thioether (sulfide) groups is 1. The van der Waals surface area contributed by atoms with Gasteiger partial charge in [0.1, 0.15) is 4.99 Å². The van der Waals surface area contributed by atoms with Gasteiger partial charge in [-0.2, -0.15) is 0 Å². The summed E-state index contributed by atoms with van der Waals surface area (Å²) >= 11 is 6.16. The van der Waals surface area contributed by atoms with Crippen LogP contribution in [0.25, 0.3) is 6.08 Å². The number of amides is 1. The first-order valence-electron chi connectivity index (χ1n) is 4.47. The summed E-state index contributed by atoms with van der Waals surface area (Å²) in [7, 11) is 0. The van der Waals surface area contributed by atoms with Crippen molar-refractivity contribution in [2.75, 3.05) is 0 Å². The molecule has 0 saturated carbocycles. The highest BCUT2D eigenvalue weighted by Crippen LogP contribution is 2.26. The maximum absolute atomic E-state index is 11.0. The van der Waals surface area contributed by atoms with E-state index in [2.05, 4.69) is 5.32 Å². The third kappa shape index (κ3) is 2.46. The van der Waals surface area contributed by atoms with Crippen molar-refractivity contribution in [2.24, 2.45) is 0 Å². The number of benzene rings is 1. The van der Waals surface area contributed by atoms with E-state index in [1.807, 2.05) is 37.3 Å². The molecule has 1 heterocycles. The third-order valence-corrected chi connectivity index (χ3v) is 3.30. The summed E-state index contributed by atoms with van der Waals surface area (Å²) in [5, 5.41) is 2.49. The summed E-state index contributed by atoms with van der Waals surface area (Å²) in [6.07, 6.45) is 1.92. The van der Waals surface area contributed by atoms with Crippen LogP contribution < -0.4 is 5.32 Å². The molecule has 1 N–H and O–H groups in total. The SMILES string of the molecule is Cc1ccc(C=C2SC(=O)NC2=S)cc1. The van der Waals surface area contributed by atoms with Gasteiger partial charge in [-0.25, -0.2) is 0 Å². The van der Waals surface area contributed by atoms with Gasteiger partial charge in [0.05, 0.1) is 4.91 Å². The van der Waals surface area contributed by atoms with Gasteiger partial charge in [-0.15, -0.1) is 0 Å². The molecule has 0 spiro atoms. The molecule has 76 valence electrons. The first-order valence-corrected chi connectivity index (χ1v) is 5.69. The first kappa shape index (κ1) is 10.4. The molecule has 2 nitrogen and oxygen atoms in total. The number of hydrogen-bond acceptors (Lipinski definition) is 3. The maximum atomic E-state index is 11.0. The molecule has 0 aliphatic carbocycles. The van der Waals surface area contributed by atoms with Crippen LogP contribution in [0.3, 0.4) is 0 Å². The van der Waals surface area contributed by atoms with E-state index in [1.165, 1.54) is 5.56 Å². The van der Waals surface area contributed by atoms with Gasteiger partial charge < -0.3 is 5.32 Å². The molecule has 1 fully saturated rings. The Bertz CT molecular complexity index is 448. The van der Waals surface area contributed by atoms with Crippen molar-refractivity contribution in [3.8, 4) is 0 Å². The smallest absolute Gasteiger partial charge is 0.289 e. The molecule has 1 aliphatic heterocycles. The summed E-state index contributed by atoms with van der Waals surface area (Å²) in [5.41, 5.74) is 2.27. The number of aryl methyl sites for hydroxylation is 1. The molecule has 2 rings (SSSR count). The molecular formula is C11H9NOS2. The van der Waals surface area contributed by atoms with Gasteiger partial charge >= 0.3 is 0 Å². The average Bonchev–Trinajstić information content (AvgIpc) is 2.49. The topological polar surface area (TPSA) is 29.1 Å². The van der Waals surface area contributed by atoms with Crippen molar-refractivity contribution in [2.45, 2.75) is 6.92 Å². The number of nitrogens with one attached hydrogen (secondary N) is 1. The Morgan fingerprint density at radius 3 is 2.53 bits per heavy atom. The molecule has 0 bridgehead atoms. The number of hydrogen-bond donors (Lipinski definition) is 1. The molecule has 1 aromatic carbocycles. The van der Waals surface area contributed by atoms with Crippen LogP contribution in [0, 0.1) is 6.92 Å². The van der Waals surface area contributed by atoms with Gasteiger partial charge in [-0.1, -0.05) is 42.0 Å². The largest absolute Gasteiger partial charge is 0.307 e. The van der Waals surface area contributed by atoms with E-state index in [-0.39, 0.29) is 5.24 Å². The highest BCUT2D eigenvalue weighted by atomic mass is 32.2. The molecule has 4 heteroatoms. The minimum absolute atomic E-state index is 0.0987. The van der Waals surface area contributed by atoms with Crippen LogP contribution in [0.15, 0.2) is 29.2 Å². The van der Waals surface area contributed by atoms with Gasteiger partial charge in [0.15, 0.2) is 0 Å². The quantitative estimate of drug-likeness (QED) is 0.599. The van der Waals surface area contributed by atoms with Crippen molar-refractivity contribution in [3.63, 3.8) is 0 Å².